The van der Waals surface area contributed by atoms with Crippen LogP contribution in [0.5, 0.6) is 5.88 Å². The van der Waals surface area contributed by atoms with Gasteiger partial charge in [0.25, 0.3) is 5.56 Å². The lowest BCUT2D eigenvalue weighted by Crippen LogP contribution is -3.08. The number of hydrogen-bond donors (Lipinski definition) is 2. The third kappa shape index (κ3) is 3.88. The van der Waals surface area contributed by atoms with Crippen LogP contribution in [0.15, 0.2) is 45.0 Å². The normalized spacial score (nSPS) is 16.1. The highest BCUT2D eigenvalue weighted by molar-refractivity contribution is 5.99. The first kappa shape index (κ1) is 17.2. The first-order valence-corrected chi connectivity index (χ1v) is 8.54. The van der Waals surface area contributed by atoms with E-state index in [9.17, 15) is 14.7 Å². The van der Waals surface area contributed by atoms with E-state index in [2.05, 4.69) is 10.1 Å². The summed E-state index contributed by atoms with van der Waals surface area (Å²) in [6.07, 6.45) is 3.35. The molecule has 7 heteroatoms. The van der Waals surface area contributed by atoms with Gasteiger partial charge in [0.2, 0.25) is 0 Å². The van der Waals surface area contributed by atoms with Crippen molar-refractivity contribution in [3.8, 4) is 5.88 Å². The second kappa shape index (κ2) is 7.48. The Morgan fingerprint density at radius 1 is 1.20 bits per heavy atom. The standard InChI is InChI=1S/C18H22N4O3/c1-13(20-21-10-6-3-7-11-21)15-16(23)19-18(25)22(17(15)24)12-14-8-4-2-5-9-14/h2,4-5,8-9,24H,3,6-7,10-12H2,1H3,(H,19,23,25)/b20-13+. The lowest BCUT2D eigenvalue weighted by molar-refractivity contribution is -0.911. The summed E-state index contributed by atoms with van der Waals surface area (Å²) >= 11 is 0. The summed E-state index contributed by atoms with van der Waals surface area (Å²) < 4.78 is 1.05. The van der Waals surface area contributed by atoms with Crippen LogP contribution in [0.1, 0.15) is 37.3 Å². The number of piperidine rings is 1. The number of quaternary nitrogens is 1. The molecular formula is C18H22N4O3. The minimum absolute atomic E-state index is 0.0476. The third-order valence-corrected chi connectivity index (χ3v) is 4.45. The number of H-pyrrole nitrogens is 1. The third-order valence-electron chi connectivity index (χ3n) is 4.45. The molecule has 7 nitrogen and oxygen atoms in total. The van der Waals surface area contributed by atoms with Gasteiger partial charge in [-0.3, -0.25) is 9.78 Å². The highest BCUT2D eigenvalue weighted by atomic mass is 16.3. The molecule has 1 aliphatic heterocycles. The summed E-state index contributed by atoms with van der Waals surface area (Å²) in [6, 6.07) is 9.19. The largest absolute Gasteiger partial charge is 0.859 e. The average molecular weight is 342 g/mol. The van der Waals surface area contributed by atoms with Crippen LogP contribution in [0.3, 0.4) is 0 Å². The summed E-state index contributed by atoms with van der Waals surface area (Å²) in [7, 11) is 0. The fourth-order valence-electron chi connectivity index (χ4n) is 3.14. The van der Waals surface area contributed by atoms with Crippen LogP contribution in [0.2, 0.25) is 0 Å². The van der Waals surface area contributed by atoms with Gasteiger partial charge in [-0.05, 0) is 37.6 Å². The molecule has 1 fully saturated rings. The Balaban J connectivity index is 1.99. The van der Waals surface area contributed by atoms with E-state index in [4.69, 9.17) is 0 Å². The van der Waals surface area contributed by atoms with Crippen molar-refractivity contribution in [2.75, 3.05) is 13.1 Å². The topological polar surface area (TPSA) is 94.7 Å². The number of aromatic amines is 1. The van der Waals surface area contributed by atoms with Gasteiger partial charge in [-0.15, -0.1) is 0 Å². The van der Waals surface area contributed by atoms with Crippen molar-refractivity contribution >= 4 is 5.71 Å². The molecule has 0 spiro atoms. The van der Waals surface area contributed by atoms with Crippen LogP contribution >= 0.6 is 0 Å². The molecule has 0 bridgehead atoms. The Morgan fingerprint density at radius 3 is 2.56 bits per heavy atom. The Morgan fingerprint density at radius 2 is 1.88 bits per heavy atom. The van der Waals surface area contributed by atoms with E-state index in [-0.39, 0.29) is 12.1 Å². The monoisotopic (exact) mass is 342 g/mol. The molecule has 132 valence electrons. The van der Waals surface area contributed by atoms with Gasteiger partial charge in [-0.2, -0.15) is 0 Å². The van der Waals surface area contributed by atoms with Gasteiger partial charge < -0.3 is 9.67 Å². The fraction of sp³-hybridized carbons (Fsp3) is 0.389. The van der Waals surface area contributed by atoms with E-state index < -0.39 is 17.1 Å². The van der Waals surface area contributed by atoms with Gasteiger partial charge in [0.1, 0.15) is 18.8 Å². The highest BCUT2D eigenvalue weighted by Crippen LogP contribution is 2.10. The Bertz CT molecular complexity index is 877. The predicted molar refractivity (Wildman–Crippen MR) is 93.1 cm³/mol. The molecule has 3 rings (SSSR count). The van der Waals surface area contributed by atoms with E-state index in [0.717, 1.165) is 41.1 Å². The van der Waals surface area contributed by atoms with Crippen molar-refractivity contribution < 1.29 is 10.1 Å². The lowest BCUT2D eigenvalue weighted by atomic mass is 10.1. The van der Waals surface area contributed by atoms with E-state index in [0.29, 0.717) is 5.71 Å². The smallest absolute Gasteiger partial charge is 0.328 e. The number of nitrogens with zero attached hydrogens (tertiary/aromatic N) is 2. The highest BCUT2D eigenvalue weighted by Gasteiger charge is 2.17. The summed E-state index contributed by atoms with van der Waals surface area (Å²) in [6.45, 7) is 3.57. The van der Waals surface area contributed by atoms with Gasteiger partial charge >= 0.3 is 5.69 Å². The van der Waals surface area contributed by atoms with Crippen molar-refractivity contribution in [2.45, 2.75) is 32.7 Å². The minimum atomic E-state index is -0.694. The van der Waals surface area contributed by atoms with Crippen LogP contribution in [-0.4, -0.2) is 28.4 Å². The zero-order chi connectivity index (χ0) is 17.8. The molecule has 0 aliphatic carbocycles. The maximum atomic E-state index is 12.8. The zero-order valence-corrected chi connectivity index (χ0v) is 14.2. The second-order valence-corrected chi connectivity index (χ2v) is 6.34. The number of rotatable bonds is 4. The van der Waals surface area contributed by atoms with E-state index >= 15 is 0 Å². The van der Waals surface area contributed by atoms with Crippen molar-refractivity contribution in [1.82, 2.24) is 9.55 Å². The summed E-state index contributed by atoms with van der Waals surface area (Å²) in [5, 5.41) is 18.3. The quantitative estimate of drug-likeness (QED) is 0.730. The van der Waals surface area contributed by atoms with Crippen LogP contribution < -0.4 is 21.4 Å². The van der Waals surface area contributed by atoms with Crippen molar-refractivity contribution in [1.29, 1.82) is 0 Å². The Kier molecular flexibility index (Phi) is 5.14. The van der Waals surface area contributed by atoms with Gasteiger partial charge in [0.05, 0.1) is 12.1 Å². The summed E-state index contributed by atoms with van der Waals surface area (Å²) in [5.41, 5.74) is -0.216. The molecule has 0 amide bonds. The zero-order valence-electron chi connectivity index (χ0n) is 14.2. The molecule has 25 heavy (non-hydrogen) atoms. The van der Waals surface area contributed by atoms with Crippen LogP contribution in [0.4, 0.5) is 0 Å². The maximum Gasteiger partial charge on any atom is 0.328 e. The van der Waals surface area contributed by atoms with Crippen molar-refractivity contribution in [3.63, 3.8) is 0 Å². The molecule has 1 aromatic heterocycles. The number of benzene rings is 1. The molecule has 1 saturated heterocycles. The molecule has 0 saturated carbocycles. The molecule has 2 N–H and O–H groups in total. The first-order chi connectivity index (χ1) is 12.1. The fourth-order valence-corrected chi connectivity index (χ4v) is 3.14. The Hall–Kier alpha value is -2.67. The summed E-state index contributed by atoms with van der Waals surface area (Å²) in [4.78, 5) is 26.5. The molecule has 1 aromatic carbocycles. The van der Waals surface area contributed by atoms with Crippen LogP contribution in [-0.2, 0) is 6.54 Å². The molecule has 2 aromatic rings. The van der Waals surface area contributed by atoms with E-state index in [1.54, 1.807) is 6.92 Å². The van der Waals surface area contributed by atoms with E-state index in [1.165, 1.54) is 6.42 Å². The van der Waals surface area contributed by atoms with Gasteiger partial charge in [-0.25, -0.2) is 9.80 Å². The number of aromatic nitrogens is 2. The lowest BCUT2D eigenvalue weighted by Gasteiger charge is -2.21. The number of nitrogens with one attached hydrogen (secondary N) is 2. The Labute approximate surface area is 145 Å². The number of hydrogen-bond acceptors (Lipinski definition) is 4. The van der Waals surface area contributed by atoms with Gasteiger partial charge in [-0.1, -0.05) is 35.4 Å². The van der Waals surface area contributed by atoms with Crippen LogP contribution in [0.25, 0.3) is 0 Å². The van der Waals surface area contributed by atoms with Gasteiger partial charge in [0.15, 0.2) is 0 Å². The molecule has 0 unspecified atom stereocenters. The molecule has 0 radical (unpaired) electrons. The maximum absolute atomic E-state index is 12.8. The first-order valence-electron chi connectivity index (χ1n) is 8.54. The second-order valence-electron chi connectivity index (χ2n) is 6.34. The average Bonchev–Trinajstić information content (AvgIpc) is 2.60. The SMILES string of the molecule is C/C(=N\[NH+]1CCCCC1)c1c([O-])n(Cc2ccccc2)c(=O)[nH]c1=O. The van der Waals surface area contributed by atoms with Crippen molar-refractivity contribution in [2.24, 2.45) is 5.10 Å². The molecule has 1 aliphatic rings. The van der Waals surface area contributed by atoms with E-state index in [1.807, 2.05) is 30.3 Å². The predicted octanol–water partition coefficient (Wildman–Crippen LogP) is -0.549. The van der Waals surface area contributed by atoms with Crippen LogP contribution in [0, 0.1) is 0 Å². The molecule has 2 heterocycles. The van der Waals surface area contributed by atoms with Gasteiger partial charge in [0, 0.05) is 0 Å². The minimum Gasteiger partial charge on any atom is -0.859 e. The molecular weight excluding hydrogens is 320 g/mol. The summed E-state index contributed by atoms with van der Waals surface area (Å²) in [5.74, 6) is -0.588. The molecule has 0 atom stereocenters. The van der Waals surface area contributed by atoms with Crippen molar-refractivity contribution in [3.05, 3.63) is 62.3 Å².